The normalized spacial score (nSPS) is 11.9. The maximum Gasteiger partial charge on any atom is 0.244 e. The fourth-order valence-corrected chi connectivity index (χ4v) is 4.28. The summed E-state index contributed by atoms with van der Waals surface area (Å²) in [5, 5.41) is 1.96. The predicted octanol–water partition coefficient (Wildman–Crippen LogP) is 2.23. The van der Waals surface area contributed by atoms with Crippen LogP contribution in [-0.2, 0) is 16.4 Å². The van der Waals surface area contributed by atoms with Crippen LogP contribution in [-0.4, -0.2) is 31.5 Å². The molecule has 0 radical (unpaired) electrons. The number of benzene rings is 1. The van der Waals surface area contributed by atoms with Crippen LogP contribution in [0.1, 0.15) is 11.3 Å². The zero-order valence-electron chi connectivity index (χ0n) is 12.8. The number of nitrogens with zero attached hydrogens (tertiary/aromatic N) is 2. The first-order chi connectivity index (χ1) is 11.0. The Bertz CT molecular complexity index is 900. The maximum atomic E-state index is 12.5. The SMILES string of the molecule is COc1ccc(C)cc1S(=O)(=O)NCCc1cn2ccsc2n1. The van der Waals surface area contributed by atoms with E-state index < -0.39 is 10.0 Å². The Morgan fingerprint density at radius 2 is 2.22 bits per heavy atom. The Balaban J connectivity index is 1.71. The van der Waals surface area contributed by atoms with Gasteiger partial charge >= 0.3 is 0 Å². The third-order valence-corrected chi connectivity index (χ3v) is 5.68. The molecule has 6 nitrogen and oxygen atoms in total. The molecule has 0 saturated carbocycles. The highest BCUT2D eigenvalue weighted by Gasteiger charge is 2.19. The fraction of sp³-hybridized carbons (Fsp3) is 0.267. The number of ether oxygens (including phenoxy) is 1. The van der Waals surface area contributed by atoms with Crippen molar-refractivity contribution in [2.24, 2.45) is 0 Å². The van der Waals surface area contributed by atoms with Crippen molar-refractivity contribution in [3.63, 3.8) is 0 Å². The first kappa shape index (κ1) is 16.0. The lowest BCUT2D eigenvalue weighted by atomic mass is 10.2. The average Bonchev–Trinajstić information content (AvgIpc) is 3.08. The molecule has 2 heterocycles. The minimum atomic E-state index is -3.62. The second kappa shape index (κ2) is 6.31. The molecule has 122 valence electrons. The molecule has 1 N–H and O–H groups in total. The van der Waals surface area contributed by atoms with Gasteiger partial charge in [0, 0.05) is 30.7 Å². The minimum absolute atomic E-state index is 0.158. The molecule has 0 aliphatic rings. The first-order valence-electron chi connectivity index (χ1n) is 7.05. The number of fused-ring (bicyclic) bond motifs is 1. The summed E-state index contributed by atoms with van der Waals surface area (Å²) in [6.45, 7) is 2.13. The van der Waals surface area contributed by atoms with Gasteiger partial charge in [0.15, 0.2) is 4.96 Å². The van der Waals surface area contributed by atoms with Gasteiger partial charge in [-0.3, -0.25) is 4.40 Å². The Labute approximate surface area is 138 Å². The molecule has 0 bridgehead atoms. The van der Waals surface area contributed by atoms with E-state index in [0.717, 1.165) is 16.2 Å². The molecule has 2 aromatic heterocycles. The van der Waals surface area contributed by atoms with E-state index in [1.54, 1.807) is 23.5 Å². The number of aromatic nitrogens is 2. The summed E-state index contributed by atoms with van der Waals surface area (Å²) in [5.74, 6) is 0.339. The molecule has 3 rings (SSSR count). The summed E-state index contributed by atoms with van der Waals surface area (Å²) in [6, 6.07) is 5.08. The summed E-state index contributed by atoms with van der Waals surface area (Å²) < 4.78 is 34.6. The van der Waals surface area contributed by atoms with E-state index in [-0.39, 0.29) is 11.4 Å². The molecular formula is C15H17N3O3S2. The van der Waals surface area contributed by atoms with Crippen LogP contribution in [0.3, 0.4) is 0 Å². The average molecular weight is 351 g/mol. The highest BCUT2D eigenvalue weighted by Crippen LogP contribution is 2.24. The van der Waals surface area contributed by atoms with Gasteiger partial charge in [0.05, 0.1) is 12.8 Å². The number of imidazole rings is 1. The van der Waals surface area contributed by atoms with Crippen LogP contribution in [0, 0.1) is 6.92 Å². The van der Waals surface area contributed by atoms with Crippen molar-refractivity contribution in [2.75, 3.05) is 13.7 Å². The van der Waals surface area contributed by atoms with Crippen molar-refractivity contribution >= 4 is 26.3 Å². The van der Waals surface area contributed by atoms with Crippen LogP contribution in [0.5, 0.6) is 5.75 Å². The zero-order chi connectivity index (χ0) is 16.4. The van der Waals surface area contributed by atoms with E-state index in [0.29, 0.717) is 12.2 Å². The molecule has 3 aromatic rings. The Morgan fingerprint density at radius 1 is 1.39 bits per heavy atom. The van der Waals surface area contributed by atoms with Gasteiger partial charge in [0.25, 0.3) is 0 Å². The Morgan fingerprint density at radius 3 is 2.96 bits per heavy atom. The molecule has 0 saturated heterocycles. The van der Waals surface area contributed by atoms with Crippen molar-refractivity contribution < 1.29 is 13.2 Å². The fourth-order valence-electron chi connectivity index (χ4n) is 2.28. The van der Waals surface area contributed by atoms with Gasteiger partial charge in [-0.15, -0.1) is 11.3 Å². The lowest BCUT2D eigenvalue weighted by molar-refractivity contribution is 0.402. The number of thiazole rings is 1. The lowest BCUT2D eigenvalue weighted by Crippen LogP contribution is -2.26. The molecule has 0 amide bonds. The number of nitrogens with one attached hydrogen (secondary N) is 1. The van der Waals surface area contributed by atoms with Crippen molar-refractivity contribution in [1.29, 1.82) is 0 Å². The van der Waals surface area contributed by atoms with Gasteiger partial charge in [0.1, 0.15) is 10.6 Å². The molecule has 0 atom stereocenters. The molecule has 0 spiro atoms. The third-order valence-electron chi connectivity index (χ3n) is 3.43. The Hall–Kier alpha value is -1.90. The van der Waals surface area contributed by atoms with Crippen LogP contribution in [0.25, 0.3) is 4.96 Å². The second-order valence-electron chi connectivity index (χ2n) is 5.13. The van der Waals surface area contributed by atoms with E-state index in [2.05, 4.69) is 9.71 Å². The quantitative estimate of drug-likeness (QED) is 0.739. The van der Waals surface area contributed by atoms with Gasteiger partial charge in [-0.05, 0) is 24.6 Å². The minimum Gasteiger partial charge on any atom is -0.495 e. The standard InChI is InChI=1S/C15H17N3O3S2/c1-11-3-4-13(21-2)14(9-11)23(19,20)16-6-5-12-10-18-7-8-22-15(18)17-12/h3-4,7-10,16H,5-6H2,1-2H3. The summed E-state index contributed by atoms with van der Waals surface area (Å²) in [4.78, 5) is 5.50. The summed E-state index contributed by atoms with van der Waals surface area (Å²) >= 11 is 1.55. The van der Waals surface area contributed by atoms with E-state index >= 15 is 0 Å². The van der Waals surface area contributed by atoms with E-state index in [4.69, 9.17) is 4.74 Å². The number of hydrogen-bond acceptors (Lipinski definition) is 5. The molecule has 0 unspecified atom stereocenters. The van der Waals surface area contributed by atoms with Crippen LogP contribution in [0.4, 0.5) is 0 Å². The van der Waals surface area contributed by atoms with Gasteiger partial charge in [-0.2, -0.15) is 0 Å². The smallest absolute Gasteiger partial charge is 0.244 e. The van der Waals surface area contributed by atoms with E-state index in [9.17, 15) is 8.42 Å². The van der Waals surface area contributed by atoms with Crippen LogP contribution < -0.4 is 9.46 Å². The van der Waals surface area contributed by atoms with Crippen LogP contribution in [0.15, 0.2) is 40.9 Å². The molecular weight excluding hydrogens is 334 g/mol. The van der Waals surface area contributed by atoms with Crippen LogP contribution in [0.2, 0.25) is 0 Å². The van der Waals surface area contributed by atoms with Crippen LogP contribution >= 0.6 is 11.3 Å². The number of aryl methyl sites for hydroxylation is 1. The molecule has 0 fully saturated rings. The van der Waals surface area contributed by atoms with E-state index in [1.165, 1.54) is 7.11 Å². The van der Waals surface area contributed by atoms with Gasteiger partial charge in [-0.25, -0.2) is 18.1 Å². The van der Waals surface area contributed by atoms with Gasteiger partial charge in [-0.1, -0.05) is 6.07 Å². The van der Waals surface area contributed by atoms with Crippen molar-refractivity contribution in [3.8, 4) is 5.75 Å². The highest BCUT2D eigenvalue weighted by molar-refractivity contribution is 7.89. The van der Waals surface area contributed by atoms with Gasteiger partial charge in [0.2, 0.25) is 10.0 Å². The number of sulfonamides is 1. The largest absolute Gasteiger partial charge is 0.495 e. The number of methoxy groups -OCH3 is 1. The number of hydrogen-bond donors (Lipinski definition) is 1. The zero-order valence-corrected chi connectivity index (χ0v) is 14.4. The third kappa shape index (κ3) is 3.39. The van der Waals surface area contributed by atoms with E-state index in [1.807, 2.05) is 35.2 Å². The highest BCUT2D eigenvalue weighted by atomic mass is 32.2. The molecule has 1 aromatic carbocycles. The molecule has 0 aliphatic heterocycles. The first-order valence-corrected chi connectivity index (χ1v) is 9.41. The van der Waals surface area contributed by atoms with Crippen molar-refractivity contribution in [1.82, 2.24) is 14.1 Å². The molecule has 0 aliphatic carbocycles. The number of rotatable bonds is 6. The summed E-state index contributed by atoms with van der Waals surface area (Å²) in [7, 11) is -2.16. The predicted molar refractivity (Wildman–Crippen MR) is 89.7 cm³/mol. The topological polar surface area (TPSA) is 72.7 Å². The maximum absolute atomic E-state index is 12.5. The summed E-state index contributed by atoms with van der Waals surface area (Å²) in [5.41, 5.74) is 1.72. The lowest BCUT2D eigenvalue weighted by Gasteiger charge is -2.11. The van der Waals surface area contributed by atoms with Gasteiger partial charge < -0.3 is 4.74 Å². The van der Waals surface area contributed by atoms with Crippen molar-refractivity contribution in [3.05, 3.63) is 47.2 Å². The Kier molecular flexibility index (Phi) is 4.38. The molecule has 8 heteroatoms. The second-order valence-corrected chi connectivity index (χ2v) is 7.74. The monoisotopic (exact) mass is 351 g/mol. The van der Waals surface area contributed by atoms with Crippen molar-refractivity contribution in [2.45, 2.75) is 18.2 Å². The summed E-state index contributed by atoms with van der Waals surface area (Å²) in [6.07, 6.45) is 4.37. The molecule has 23 heavy (non-hydrogen) atoms.